The van der Waals surface area contributed by atoms with Crippen LogP contribution in [0.4, 0.5) is 5.69 Å². The van der Waals surface area contributed by atoms with Gasteiger partial charge in [0.1, 0.15) is 19.3 Å². The van der Waals surface area contributed by atoms with Crippen LogP contribution in [0.1, 0.15) is 30.9 Å². The Bertz CT molecular complexity index is 1100. The average molecular weight is 474 g/mol. The molecule has 9 heteroatoms. The van der Waals surface area contributed by atoms with E-state index in [1.165, 1.54) is 18.4 Å². The fourth-order valence-electron chi connectivity index (χ4n) is 4.37. The van der Waals surface area contributed by atoms with Crippen molar-refractivity contribution in [2.24, 2.45) is 0 Å². The van der Waals surface area contributed by atoms with E-state index in [2.05, 4.69) is 16.3 Å². The van der Waals surface area contributed by atoms with Crippen molar-refractivity contribution in [1.82, 2.24) is 10.2 Å². The van der Waals surface area contributed by atoms with E-state index in [0.717, 1.165) is 35.8 Å². The summed E-state index contributed by atoms with van der Waals surface area (Å²) in [5.74, 6) is 0.660. The minimum absolute atomic E-state index is 0.339. The third-order valence-electron chi connectivity index (χ3n) is 6.03. The van der Waals surface area contributed by atoms with E-state index in [0.29, 0.717) is 36.9 Å². The van der Waals surface area contributed by atoms with Crippen molar-refractivity contribution in [3.63, 3.8) is 0 Å². The molecule has 2 aliphatic rings. The Morgan fingerprint density at radius 2 is 1.73 bits per heavy atom. The molecule has 0 aliphatic carbocycles. The lowest BCUT2D eigenvalue weighted by Gasteiger charge is -2.29. The zero-order chi connectivity index (χ0) is 23.4. The number of fused-ring (bicyclic) bond motifs is 1. The molecule has 2 aromatic carbocycles. The summed E-state index contributed by atoms with van der Waals surface area (Å²) in [6, 6.07) is 12.0. The number of carbonyl (C=O) groups is 1. The average Bonchev–Trinajstić information content (AvgIpc) is 3.30. The Morgan fingerprint density at radius 3 is 2.42 bits per heavy atom. The second-order valence-corrected chi connectivity index (χ2v) is 10.4. The number of anilines is 1. The van der Waals surface area contributed by atoms with Gasteiger partial charge < -0.3 is 14.8 Å². The first-order valence-electron chi connectivity index (χ1n) is 11.3. The molecule has 2 aliphatic heterocycles. The van der Waals surface area contributed by atoms with Crippen molar-refractivity contribution in [2.45, 2.75) is 38.9 Å². The van der Waals surface area contributed by atoms with Crippen molar-refractivity contribution >= 4 is 21.6 Å². The zero-order valence-corrected chi connectivity index (χ0v) is 19.9. The molecule has 1 fully saturated rings. The molecule has 0 spiro atoms. The highest BCUT2D eigenvalue weighted by molar-refractivity contribution is 7.92. The van der Waals surface area contributed by atoms with E-state index in [-0.39, 0.29) is 5.91 Å². The maximum Gasteiger partial charge on any atom is 0.243 e. The third-order valence-corrected chi connectivity index (χ3v) is 7.27. The standard InChI is InChI=1S/C24H31N3O5S/c1-18(27(33(2,29)30)21-9-10-22-23(15-21)32-14-13-31-22)24(28)25-16-19-7-3-4-8-20(19)17-26-11-5-6-12-26/h3-4,7-10,15,18H,5-6,11-14,16-17H2,1-2H3,(H,25,28)/t18-/m1/s1. The fourth-order valence-corrected chi connectivity index (χ4v) is 5.54. The van der Waals surface area contributed by atoms with Crippen LogP contribution in [0.15, 0.2) is 42.5 Å². The molecule has 2 aromatic rings. The molecular weight excluding hydrogens is 442 g/mol. The molecule has 4 rings (SSSR count). The number of hydrogen-bond acceptors (Lipinski definition) is 6. The van der Waals surface area contributed by atoms with Gasteiger partial charge in [-0.1, -0.05) is 24.3 Å². The van der Waals surface area contributed by atoms with E-state index in [9.17, 15) is 13.2 Å². The summed E-state index contributed by atoms with van der Waals surface area (Å²) in [7, 11) is -3.73. The predicted octanol–water partition coefficient (Wildman–Crippen LogP) is 2.52. The first-order chi connectivity index (χ1) is 15.8. The van der Waals surface area contributed by atoms with Gasteiger partial charge in [0.05, 0.1) is 11.9 Å². The highest BCUT2D eigenvalue weighted by atomic mass is 32.2. The van der Waals surface area contributed by atoms with Gasteiger partial charge in [0.25, 0.3) is 0 Å². The molecule has 0 aromatic heterocycles. The summed E-state index contributed by atoms with van der Waals surface area (Å²) >= 11 is 0. The Labute approximate surface area is 195 Å². The van der Waals surface area contributed by atoms with Crippen LogP contribution in [0.3, 0.4) is 0 Å². The Hall–Kier alpha value is -2.78. The lowest BCUT2D eigenvalue weighted by Crippen LogP contribution is -2.47. The molecule has 1 atom stereocenters. The van der Waals surface area contributed by atoms with Gasteiger partial charge in [-0.3, -0.25) is 14.0 Å². The molecule has 0 saturated carbocycles. The molecule has 8 nitrogen and oxygen atoms in total. The van der Waals surface area contributed by atoms with Gasteiger partial charge in [0.15, 0.2) is 11.5 Å². The Balaban J connectivity index is 1.48. The number of rotatable bonds is 8. The summed E-state index contributed by atoms with van der Waals surface area (Å²) in [5.41, 5.74) is 2.58. The molecule has 0 unspecified atom stereocenters. The van der Waals surface area contributed by atoms with E-state index in [1.54, 1.807) is 25.1 Å². The van der Waals surface area contributed by atoms with Crippen molar-refractivity contribution < 1.29 is 22.7 Å². The summed E-state index contributed by atoms with van der Waals surface area (Å²) in [4.78, 5) is 15.5. The van der Waals surface area contributed by atoms with Crippen LogP contribution in [0.2, 0.25) is 0 Å². The van der Waals surface area contributed by atoms with Gasteiger partial charge in [0, 0.05) is 19.2 Å². The maximum atomic E-state index is 13.0. The van der Waals surface area contributed by atoms with Gasteiger partial charge in [0.2, 0.25) is 15.9 Å². The van der Waals surface area contributed by atoms with Crippen LogP contribution in [0.5, 0.6) is 11.5 Å². The van der Waals surface area contributed by atoms with E-state index in [1.807, 2.05) is 18.2 Å². The molecule has 2 heterocycles. The van der Waals surface area contributed by atoms with E-state index < -0.39 is 16.1 Å². The quantitative estimate of drug-likeness (QED) is 0.634. The summed E-state index contributed by atoms with van der Waals surface area (Å²) in [6.07, 6.45) is 3.54. The highest BCUT2D eigenvalue weighted by Crippen LogP contribution is 2.35. The fraction of sp³-hybridized carbons (Fsp3) is 0.458. The van der Waals surface area contributed by atoms with Gasteiger partial charge in [-0.15, -0.1) is 0 Å². The van der Waals surface area contributed by atoms with Crippen LogP contribution in [-0.4, -0.2) is 57.8 Å². The maximum absolute atomic E-state index is 13.0. The number of likely N-dealkylation sites (tertiary alicyclic amines) is 1. The second-order valence-electron chi connectivity index (χ2n) is 8.53. The first kappa shape index (κ1) is 23.4. The lowest BCUT2D eigenvalue weighted by atomic mass is 10.1. The van der Waals surface area contributed by atoms with Crippen molar-refractivity contribution in [1.29, 1.82) is 0 Å². The predicted molar refractivity (Wildman–Crippen MR) is 127 cm³/mol. The number of ether oxygens (including phenoxy) is 2. The SMILES string of the molecule is C[C@H](C(=O)NCc1ccccc1CN1CCCC1)N(c1ccc2c(c1)OCCO2)S(C)(=O)=O. The Kier molecular flexibility index (Phi) is 7.09. The molecular formula is C24H31N3O5S. The van der Waals surface area contributed by atoms with Gasteiger partial charge in [-0.25, -0.2) is 8.42 Å². The van der Waals surface area contributed by atoms with Crippen molar-refractivity contribution in [2.75, 3.05) is 36.9 Å². The highest BCUT2D eigenvalue weighted by Gasteiger charge is 2.30. The van der Waals surface area contributed by atoms with Crippen molar-refractivity contribution in [3.8, 4) is 11.5 Å². The smallest absolute Gasteiger partial charge is 0.243 e. The molecule has 33 heavy (non-hydrogen) atoms. The van der Waals surface area contributed by atoms with Crippen LogP contribution in [-0.2, 0) is 27.9 Å². The van der Waals surface area contributed by atoms with Gasteiger partial charge in [-0.2, -0.15) is 0 Å². The number of sulfonamides is 1. The van der Waals surface area contributed by atoms with Gasteiger partial charge >= 0.3 is 0 Å². The Morgan fingerprint density at radius 1 is 1.06 bits per heavy atom. The zero-order valence-electron chi connectivity index (χ0n) is 19.1. The first-order valence-corrected chi connectivity index (χ1v) is 13.1. The number of nitrogens with one attached hydrogen (secondary N) is 1. The number of nitrogens with zero attached hydrogens (tertiary/aromatic N) is 2. The van der Waals surface area contributed by atoms with Crippen LogP contribution < -0.4 is 19.1 Å². The summed E-state index contributed by atoms with van der Waals surface area (Å²) in [5, 5.41) is 2.93. The van der Waals surface area contributed by atoms with Crippen LogP contribution in [0, 0.1) is 0 Å². The van der Waals surface area contributed by atoms with Crippen molar-refractivity contribution in [3.05, 3.63) is 53.6 Å². The summed E-state index contributed by atoms with van der Waals surface area (Å²) < 4.78 is 37.5. The molecule has 0 radical (unpaired) electrons. The third kappa shape index (κ3) is 5.59. The molecule has 1 saturated heterocycles. The van der Waals surface area contributed by atoms with Crippen LogP contribution in [0.25, 0.3) is 0 Å². The van der Waals surface area contributed by atoms with Crippen LogP contribution >= 0.6 is 0 Å². The molecule has 1 N–H and O–H groups in total. The molecule has 178 valence electrons. The normalized spacial score (nSPS) is 16.9. The largest absolute Gasteiger partial charge is 0.486 e. The van der Waals surface area contributed by atoms with Gasteiger partial charge in [-0.05, 0) is 56.1 Å². The molecule has 0 bridgehead atoms. The number of carbonyl (C=O) groups excluding carboxylic acids is 1. The van der Waals surface area contributed by atoms with E-state index in [4.69, 9.17) is 9.47 Å². The number of benzene rings is 2. The number of amides is 1. The van der Waals surface area contributed by atoms with E-state index >= 15 is 0 Å². The molecule has 1 amide bonds. The lowest BCUT2D eigenvalue weighted by molar-refractivity contribution is -0.122. The second kappa shape index (κ2) is 10.0. The number of hydrogen-bond donors (Lipinski definition) is 1. The minimum Gasteiger partial charge on any atom is -0.486 e. The minimum atomic E-state index is -3.73. The monoisotopic (exact) mass is 473 g/mol. The topological polar surface area (TPSA) is 88.2 Å². The summed E-state index contributed by atoms with van der Waals surface area (Å²) in [6.45, 7) is 5.80.